The van der Waals surface area contributed by atoms with Gasteiger partial charge in [0.15, 0.2) is 0 Å². The summed E-state index contributed by atoms with van der Waals surface area (Å²) in [5.74, 6) is -0.0457. The average molecular weight is 294 g/mol. The quantitative estimate of drug-likeness (QED) is 0.907. The van der Waals surface area contributed by atoms with E-state index in [0.717, 1.165) is 5.82 Å². The van der Waals surface area contributed by atoms with Crippen molar-refractivity contribution in [1.82, 2.24) is 19.4 Å². The molecule has 1 unspecified atom stereocenters. The third kappa shape index (κ3) is 3.17. The number of hydrogen-bond acceptors (Lipinski definition) is 3. The van der Waals surface area contributed by atoms with E-state index >= 15 is 0 Å². The number of likely N-dealkylation sites (tertiary alicyclic amines) is 1. The van der Waals surface area contributed by atoms with Gasteiger partial charge in [-0.2, -0.15) is 0 Å². The van der Waals surface area contributed by atoms with Gasteiger partial charge in [-0.25, -0.2) is 9.78 Å². The number of rotatable bonds is 3. The number of urea groups is 1. The van der Waals surface area contributed by atoms with Crippen molar-refractivity contribution >= 4 is 12.0 Å². The van der Waals surface area contributed by atoms with E-state index in [1.165, 1.54) is 0 Å². The Kier molecular flexibility index (Phi) is 4.20. The first-order valence-electron chi connectivity index (χ1n) is 7.03. The van der Waals surface area contributed by atoms with Crippen molar-refractivity contribution in [3.8, 4) is 0 Å². The van der Waals surface area contributed by atoms with E-state index < -0.39 is 11.4 Å². The Bertz CT molecular complexity index is 542. The fourth-order valence-corrected chi connectivity index (χ4v) is 2.65. The lowest BCUT2D eigenvalue weighted by Crippen LogP contribution is -2.51. The minimum absolute atomic E-state index is 0.148. The first kappa shape index (κ1) is 15.3. The molecular formula is C14H22N4O3. The first-order chi connectivity index (χ1) is 9.83. The summed E-state index contributed by atoms with van der Waals surface area (Å²) in [5, 5.41) is 9.31. The molecule has 2 amide bonds. The van der Waals surface area contributed by atoms with Crippen LogP contribution in [0.5, 0.6) is 0 Å². The van der Waals surface area contributed by atoms with Gasteiger partial charge in [-0.1, -0.05) is 0 Å². The Morgan fingerprint density at radius 2 is 2.24 bits per heavy atom. The van der Waals surface area contributed by atoms with Crippen LogP contribution in [-0.2, 0) is 18.4 Å². The second-order valence-electron chi connectivity index (χ2n) is 5.98. The van der Waals surface area contributed by atoms with Crippen molar-refractivity contribution in [3.05, 3.63) is 18.2 Å². The molecule has 1 atom stereocenters. The number of carboxylic acid groups (broad SMARTS) is 1. The summed E-state index contributed by atoms with van der Waals surface area (Å²) in [6, 6.07) is -0.148. The maximum absolute atomic E-state index is 12.5. The highest BCUT2D eigenvalue weighted by Gasteiger charge is 2.40. The highest BCUT2D eigenvalue weighted by atomic mass is 16.4. The molecule has 1 aromatic heterocycles. The number of carbonyl (C=O) groups is 2. The second-order valence-corrected chi connectivity index (χ2v) is 5.98. The molecule has 116 valence electrons. The number of imidazole rings is 1. The van der Waals surface area contributed by atoms with E-state index in [-0.39, 0.29) is 12.6 Å². The molecule has 7 nitrogen and oxygen atoms in total. The van der Waals surface area contributed by atoms with Gasteiger partial charge in [0.25, 0.3) is 0 Å². The van der Waals surface area contributed by atoms with Gasteiger partial charge in [0.2, 0.25) is 0 Å². The molecule has 1 fully saturated rings. The Balaban J connectivity index is 2.02. The third-order valence-corrected chi connectivity index (χ3v) is 4.11. The van der Waals surface area contributed by atoms with Crippen LogP contribution in [0.1, 0.15) is 25.6 Å². The van der Waals surface area contributed by atoms with Gasteiger partial charge in [-0.15, -0.1) is 0 Å². The van der Waals surface area contributed by atoms with Gasteiger partial charge in [0.1, 0.15) is 5.82 Å². The smallest absolute Gasteiger partial charge is 0.320 e. The molecule has 1 saturated heterocycles. The molecule has 0 aliphatic carbocycles. The minimum Gasteiger partial charge on any atom is -0.481 e. The zero-order chi connectivity index (χ0) is 15.6. The number of amides is 2. The fraction of sp³-hybridized carbons (Fsp3) is 0.643. The van der Waals surface area contributed by atoms with Crippen molar-refractivity contribution in [1.29, 1.82) is 0 Å². The summed E-state index contributed by atoms with van der Waals surface area (Å²) in [6.45, 7) is 2.97. The summed E-state index contributed by atoms with van der Waals surface area (Å²) in [7, 11) is 3.59. The van der Waals surface area contributed by atoms with E-state index in [1.807, 2.05) is 17.8 Å². The van der Waals surface area contributed by atoms with E-state index in [9.17, 15) is 14.7 Å². The van der Waals surface area contributed by atoms with Gasteiger partial charge in [-0.3, -0.25) is 4.79 Å². The van der Waals surface area contributed by atoms with E-state index in [0.29, 0.717) is 25.9 Å². The molecule has 1 aromatic rings. The average Bonchev–Trinajstić information content (AvgIpc) is 2.83. The molecule has 1 N–H and O–H groups in total. The summed E-state index contributed by atoms with van der Waals surface area (Å²) in [4.78, 5) is 31.2. The van der Waals surface area contributed by atoms with Crippen LogP contribution in [0.2, 0.25) is 0 Å². The maximum Gasteiger partial charge on any atom is 0.320 e. The number of aliphatic carboxylic acids is 1. The predicted molar refractivity (Wildman–Crippen MR) is 76.6 cm³/mol. The lowest BCUT2D eigenvalue weighted by atomic mass is 9.82. The number of nitrogens with zero attached hydrogens (tertiary/aromatic N) is 4. The van der Waals surface area contributed by atoms with Gasteiger partial charge in [0.05, 0.1) is 12.0 Å². The van der Waals surface area contributed by atoms with E-state index in [4.69, 9.17) is 0 Å². The van der Waals surface area contributed by atoms with Crippen LogP contribution >= 0.6 is 0 Å². The summed E-state index contributed by atoms with van der Waals surface area (Å²) >= 11 is 0. The highest BCUT2D eigenvalue weighted by Crippen LogP contribution is 2.30. The molecular weight excluding hydrogens is 272 g/mol. The molecule has 0 radical (unpaired) electrons. The number of carbonyl (C=O) groups excluding carboxylic acids is 1. The Morgan fingerprint density at radius 1 is 1.52 bits per heavy atom. The van der Waals surface area contributed by atoms with Gasteiger partial charge < -0.3 is 19.5 Å². The molecule has 1 aliphatic heterocycles. The number of aryl methyl sites for hydroxylation is 1. The third-order valence-electron chi connectivity index (χ3n) is 4.11. The van der Waals surface area contributed by atoms with Crippen LogP contribution in [0, 0.1) is 5.41 Å². The number of piperidine rings is 1. The molecule has 2 heterocycles. The molecule has 7 heteroatoms. The number of aromatic nitrogens is 2. The Hall–Kier alpha value is -2.05. The van der Waals surface area contributed by atoms with Crippen LogP contribution in [0.15, 0.2) is 12.4 Å². The van der Waals surface area contributed by atoms with Crippen molar-refractivity contribution in [2.45, 2.75) is 26.3 Å². The van der Waals surface area contributed by atoms with Crippen molar-refractivity contribution < 1.29 is 14.7 Å². The van der Waals surface area contributed by atoms with Crippen molar-refractivity contribution in [2.75, 3.05) is 20.1 Å². The van der Waals surface area contributed by atoms with Crippen LogP contribution in [0.4, 0.5) is 4.79 Å². The fourth-order valence-electron chi connectivity index (χ4n) is 2.65. The molecule has 0 aromatic carbocycles. The Morgan fingerprint density at radius 3 is 2.81 bits per heavy atom. The molecule has 2 rings (SSSR count). The number of hydrogen-bond donors (Lipinski definition) is 1. The van der Waals surface area contributed by atoms with Gasteiger partial charge in [0, 0.05) is 39.6 Å². The summed E-state index contributed by atoms with van der Waals surface area (Å²) in [6.07, 6.45) is 4.84. The lowest BCUT2D eigenvalue weighted by molar-refractivity contribution is -0.150. The topological polar surface area (TPSA) is 78.7 Å². The predicted octanol–water partition coefficient (Wildman–Crippen LogP) is 1.16. The molecule has 0 spiro atoms. The van der Waals surface area contributed by atoms with E-state index in [1.54, 1.807) is 30.0 Å². The molecule has 0 bridgehead atoms. The normalized spacial score (nSPS) is 22.1. The van der Waals surface area contributed by atoms with Crippen molar-refractivity contribution in [2.24, 2.45) is 12.5 Å². The number of carboxylic acids is 1. The zero-order valence-electron chi connectivity index (χ0n) is 12.7. The molecule has 1 aliphatic rings. The van der Waals surface area contributed by atoms with Crippen LogP contribution in [-0.4, -0.2) is 56.6 Å². The van der Waals surface area contributed by atoms with E-state index in [2.05, 4.69) is 4.98 Å². The summed E-state index contributed by atoms with van der Waals surface area (Å²) in [5.41, 5.74) is -0.849. The largest absolute Gasteiger partial charge is 0.481 e. The second kappa shape index (κ2) is 5.75. The first-order valence-corrected chi connectivity index (χ1v) is 7.03. The monoisotopic (exact) mass is 294 g/mol. The van der Waals surface area contributed by atoms with Gasteiger partial charge >= 0.3 is 12.0 Å². The maximum atomic E-state index is 12.5. The minimum atomic E-state index is -0.849. The Labute approximate surface area is 124 Å². The molecule has 21 heavy (non-hydrogen) atoms. The van der Waals surface area contributed by atoms with Crippen LogP contribution < -0.4 is 0 Å². The zero-order valence-corrected chi connectivity index (χ0v) is 12.7. The SMILES string of the molecule is CN(Cc1nccn1C)C(=O)N1CCCC(C)(C(=O)O)C1. The molecule has 0 saturated carbocycles. The summed E-state index contributed by atoms with van der Waals surface area (Å²) < 4.78 is 1.86. The van der Waals surface area contributed by atoms with Crippen LogP contribution in [0.3, 0.4) is 0 Å². The highest BCUT2D eigenvalue weighted by molar-refractivity contribution is 5.78. The van der Waals surface area contributed by atoms with Crippen LogP contribution in [0.25, 0.3) is 0 Å². The standard InChI is InChI=1S/C14H22N4O3/c1-14(12(19)20)5-4-7-18(10-14)13(21)17(3)9-11-15-6-8-16(11)2/h6,8H,4-5,7,9-10H2,1-3H3,(H,19,20). The van der Waals surface area contributed by atoms with Crippen molar-refractivity contribution in [3.63, 3.8) is 0 Å². The van der Waals surface area contributed by atoms with Gasteiger partial charge in [-0.05, 0) is 19.8 Å². The lowest BCUT2D eigenvalue weighted by Gasteiger charge is -2.39.